The summed E-state index contributed by atoms with van der Waals surface area (Å²) in [6.07, 6.45) is 1.20. The van der Waals surface area contributed by atoms with Gasteiger partial charge in [-0.1, -0.05) is 13.8 Å². The van der Waals surface area contributed by atoms with Gasteiger partial charge in [-0.2, -0.15) is 15.0 Å². The fraction of sp³-hybridized carbons (Fsp3) is 0.786. The van der Waals surface area contributed by atoms with E-state index in [2.05, 4.69) is 39.0 Å². The van der Waals surface area contributed by atoms with E-state index >= 15 is 0 Å². The molecule has 0 spiro atoms. The number of piperidine rings is 1. The lowest BCUT2D eigenvalue weighted by Gasteiger charge is -2.35. The minimum absolute atomic E-state index is 0.660. The molecule has 0 amide bonds. The summed E-state index contributed by atoms with van der Waals surface area (Å²) in [7, 11) is 3.91. The Morgan fingerprint density at radius 1 is 1.20 bits per heavy atom. The van der Waals surface area contributed by atoms with E-state index in [1.165, 1.54) is 6.42 Å². The Hall–Kier alpha value is -1.59. The minimum Gasteiger partial charge on any atom is -0.354 e. The minimum atomic E-state index is 0.660. The first-order valence-corrected chi connectivity index (χ1v) is 7.43. The van der Waals surface area contributed by atoms with Crippen LogP contribution in [-0.2, 0) is 0 Å². The van der Waals surface area contributed by atoms with E-state index in [1.54, 1.807) is 0 Å². The maximum Gasteiger partial charge on any atom is 0.231 e. The molecule has 0 radical (unpaired) electrons. The average molecular weight is 278 g/mol. The second-order valence-corrected chi connectivity index (χ2v) is 5.87. The van der Waals surface area contributed by atoms with Gasteiger partial charge < -0.3 is 15.1 Å². The normalized spacial score (nSPS) is 22.8. The molecule has 2 atom stereocenters. The van der Waals surface area contributed by atoms with E-state index < -0.39 is 0 Å². The van der Waals surface area contributed by atoms with E-state index in [0.717, 1.165) is 31.5 Å². The molecule has 1 N–H and O–H groups in total. The van der Waals surface area contributed by atoms with E-state index in [0.29, 0.717) is 17.8 Å². The summed E-state index contributed by atoms with van der Waals surface area (Å²) in [6, 6.07) is 0. The summed E-state index contributed by atoms with van der Waals surface area (Å²) < 4.78 is 0. The highest BCUT2D eigenvalue weighted by molar-refractivity contribution is 5.44. The summed E-state index contributed by atoms with van der Waals surface area (Å²) in [5, 5.41) is 3.19. The largest absolute Gasteiger partial charge is 0.354 e. The smallest absolute Gasteiger partial charge is 0.231 e. The molecule has 1 fully saturated rings. The van der Waals surface area contributed by atoms with Crippen molar-refractivity contribution in [2.24, 2.45) is 11.8 Å². The van der Waals surface area contributed by atoms with Gasteiger partial charge in [-0.15, -0.1) is 0 Å². The van der Waals surface area contributed by atoms with Gasteiger partial charge in [0.2, 0.25) is 17.8 Å². The van der Waals surface area contributed by atoms with Gasteiger partial charge in [0.05, 0.1) is 0 Å². The van der Waals surface area contributed by atoms with Crippen LogP contribution in [0.4, 0.5) is 17.8 Å². The van der Waals surface area contributed by atoms with E-state index in [1.807, 2.05) is 25.9 Å². The van der Waals surface area contributed by atoms with Crippen molar-refractivity contribution in [1.82, 2.24) is 15.0 Å². The Morgan fingerprint density at radius 2 is 1.95 bits per heavy atom. The molecule has 1 saturated heterocycles. The predicted molar refractivity (Wildman–Crippen MR) is 83.5 cm³/mol. The molecule has 1 aliphatic heterocycles. The van der Waals surface area contributed by atoms with Crippen LogP contribution in [0.15, 0.2) is 0 Å². The lowest BCUT2D eigenvalue weighted by Crippen LogP contribution is -2.39. The maximum absolute atomic E-state index is 4.59. The van der Waals surface area contributed by atoms with Crippen LogP contribution in [-0.4, -0.2) is 48.7 Å². The van der Waals surface area contributed by atoms with Crippen molar-refractivity contribution in [3.8, 4) is 0 Å². The van der Waals surface area contributed by atoms with Gasteiger partial charge >= 0.3 is 0 Å². The van der Waals surface area contributed by atoms with E-state index in [9.17, 15) is 0 Å². The van der Waals surface area contributed by atoms with Crippen molar-refractivity contribution in [3.05, 3.63) is 0 Å². The number of aromatic nitrogens is 3. The molecule has 1 aromatic heterocycles. The quantitative estimate of drug-likeness (QED) is 0.907. The van der Waals surface area contributed by atoms with E-state index in [-0.39, 0.29) is 0 Å². The highest BCUT2D eigenvalue weighted by Gasteiger charge is 2.25. The monoisotopic (exact) mass is 278 g/mol. The maximum atomic E-state index is 4.59. The number of anilines is 3. The third-order valence-electron chi connectivity index (χ3n) is 3.96. The lowest BCUT2D eigenvalue weighted by atomic mass is 9.89. The Labute approximate surface area is 121 Å². The van der Waals surface area contributed by atoms with Crippen molar-refractivity contribution in [3.63, 3.8) is 0 Å². The molecule has 0 saturated carbocycles. The van der Waals surface area contributed by atoms with Crippen LogP contribution in [0.3, 0.4) is 0 Å². The predicted octanol–water partition coefficient (Wildman–Crippen LogP) is 1.85. The molecular weight excluding hydrogens is 252 g/mol. The van der Waals surface area contributed by atoms with Crippen LogP contribution in [0.1, 0.15) is 27.2 Å². The Morgan fingerprint density at radius 3 is 2.55 bits per heavy atom. The van der Waals surface area contributed by atoms with Gasteiger partial charge in [0.1, 0.15) is 0 Å². The summed E-state index contributed by atoms with van der Waals surface area (Å²) in [5.41, 5.74) is 0. The number of hydrogen-bond donors (Lipinski definition) is 1. The lowest BCUT2D eigenvalue weighted by molar-refractivity contribution is 0.321. The summed E-state index contributed by atoms with van der Waals surface area (Å²) >= 11 is 0. The van der Waals surface area contributed by atoms with Crippen molar-refractivity contribution in [2.45, 2.75) is 27.2 Å². The second kappa shape index (κ2) is 6.24. The zero-order chi connectivity index (χ0) is 14.7. The Balaban J connectivity index is 2.25. The first kappa shape index (κ1) is 14.8. The van der Waals surface area contributed by atoms with Crippen molar-refractivity contribution in [1.29, 1.82) is 0 Å². The van der Waals surface area contributed by atoms with Crippen molar-refractivity contribution < 1.29 is 0 Å². The van der Waals surface area contributed by atoms with Crippen molar-refractivity contribution in [2.75, 3.05) is 48.8 Å². The SMILES string of the molecule is CCNc1nc(N(C)C)nc(N2CCC(C)C(C)C2)n1. The van der Waals surface area contributed by atoms with Gasteiger partial charge in [0, 0.05) is 33.7 Å². The van der Waals surface area contributed by atoms with Crippen LogP contribution in [0.2, 0.25) is 0 Å². The van der Waals surface area contributed by atoms with Gasteiger partial charge in [0.15, 0.2) is 0 Å². The highest BCUT2D eigenvalue weighted by Crippen LogP contribution is 2.26. The van der Waals surface area contributed by atoms with Crippen LogP contribution >= 0.6 is 0 Å². The molecule has 0 bridgehead atoms. The Kier molecular flexibility index (Phi) is 4.62. The molecule has 112 valence electrons. The summed E-state index contributed by atoms with van der Waals surface area (Å²) in [4.78, 5) is 17.8. The van der Waals surface area contributed by atoms with Crippen LogP contribution in [0.5, 0.6) is 0 Å². The molecule has 6 heteroatoms. The van der Waals surface area contributed by atoms with Gasteiger partial charge in [-0.25, -0.2) is 0 Å². The number of nitrogens with one attached hydrogen (secondary N) is 1. The fourth-order valence-electron chi connectivity index (χ4n) is 2.38. The summed E-state index contributed by atoms with van der Waals surface area (Å²) in [6.45, 7) is 9.52. The molecule has 1 aromatic rings. The molecular formula is C14H26N6. The average Bonchev–Trinajstić information content (AvgIpc) is 2.42. The van der Waals surface area contributed by atoms with Gasteiger partial charge in [-0.05, 0) is 25.2 Å². The molecule has 0 aliphatic carbocycles. The molecule has 1 aliphatic rings. The first-order valence-electron chi connectivity index (χ1n) is 7.43. The molecule has 2 unspecified atom stereocenters. The fourth-order valence-corrected chi connectivity index (χ4v) is 2.38. The zero-order valence-corrected chi connectivity index (χ0v) is 13.2. The number of nitrogens with zero attached hydrogens (tertiary/aromatic N) is 5. The van der Waals surface area contributed by atoms with Crippen LogP contribution in [0.25, 0.3) is 0 Å². The van der Waals surface area contributed by atoms with E-state index in [4.69, 9.17) is 0 Å². The van der Waals surface area contributed by atoms with Gasteiger partial charge in [0.25, 0.3) is 0 Å². The first-order chi connectivity index (χ1) is 9.51. The highest BCUT2D eigenvalue weighted by atomic mass is 15.4. The Bertz CT molecular complexity index is 447. The molecule has 2 heterocycles. The topological polar surface area (TPSA) is 57.2 Å². The zero-order valence-electron chi connectivity index (χ0n) is 13.2. The molecule has 20 heavy (non-hydrogen) atoms. The number of hydrogen-bond acceptors (Lipinski definition) is 6. The number of rotatable bonds is 4. The molecule has 0 aromatic carbocycles. The second-order valence-electron chi connectivity index (χ2n) is 5.87. The third-order valence-corrected chi connectivity index (χ3v) is 3.96. The van der Waals surface area contributed by atoms with Crippen LogP contribution in [0, 0.1) is 11.8 Å². The summed E-state index contributed by atoms with van der Waals surface area (Å²) in [5.74, 6) is 3.60. The standard InChI is InChI=1S/C14H26N6/c1-6-15-12-16-13(19(4)5)18-14(17-12)20-8-7-10(2)11(3)9-20/h10-11H,6-9H2,1-5H3,(H,15,16,17,18). The van der Waals surface area contributed by atoms with Gasteiger partial charge in [-0.3, -0.25) is 0 Å². The third kappa shape index (κ3) is 3.29. The van der Waals surface area contributed by atoms with Crippen molar-refractivity contribution >= 4 is 17.8 Å². The molecule has 2 rings (SSSR count). The van der Waals surface area contributed by atoms with Crippen LogP contribution < -0.4 is 15.1 Å². The molecule has 6 nitrogen and oxygen atoms in total.